The highest BCUT2D eigenvalue weighted by Crippen LogP contribution is 2.20. The van der Waals surface area contributed by atoms with Gasteiger partial charge in [0.1, 0.15) is 0 Å². The standard InChI is InChI=1S/C15H24S.CH4/c1-15(2,3)12-14-9-7-13(8-10-14)6-4-5-11-16;/h7-10,16H,4-6,11-12H2,1-3H3;1H4. The first-order valence-electron chi connectivity index (χ1n) is 6.20. The van der Waals surface area contributed by atoms with E-state index in [4.69, 9.17) is 0 Å². The van der Waals surface area contributed by atoms with Gasteiger partial charge in [-0.15, -0.1) is 0 Å². The summed E-state index contributed by atoms with van der Waals surface area (Å²) >= 11 is 4.23. The van der Waals surface area contributed by atoms with Gasteiger partial charge in [-0.25, -0.2) is 0 Å². The lowest BCUT2D eigenvalue weighted by molar-refractivity contribution is 0.411. The molecule has 0 unspecified atom stereocenters. The maximum absolute atomic E-state index is 4.23. The molecule has 98 valence electrons. The molecule has 0 saturated carbocycles. The van der Waals surface area contributed by atoms with Crippen LogP contribution in [0.3, 0.4) is 0 Å². The van der Waals surface area contributed by atoms with E-state index >= 15 is 0 Å². The fourth-order valence-electron chi connectivity index (χ4n) is 1.88. The summed E-state index contributed by atoms with van der Waals surface area (Å²) in [6, 6.07) is 9.11. The molecule has 0 radical (unpaired) electrons. The Bertz CT molecular complexity index is 292. The SMILES string of the molecule is C.CC(C)(C)Cc1ccc(CCCCS)cc1. The molecule has 0 aliphatic heterocycles. The van der Waals surface area contributed by atoms with Gasteiger partial charge in [0.15, 0.2) is 0 Å². The summed E-state index contributed by atoms with van der Waals surface area (Å²) in [5, 5.41) is 0. The number of rotatable bonds is 5. The Morgan fingerprint density at radius 1 is 0.941 bits per heavy atom. The Hall–Kier alpha value is -0.430. The van der Waals surface area contributed by atoms with Crippen LogP contribution in [0.4, 0.5) is 0 Å². The predicted molar refractivity (Wildman–Crippen MR) is 83.1 cm³/mol. The molecule has 0 atom stereocenters. The predicted octanol–water partition coefficient (Wildman–Crippen LogP) is 5.16. The molecule has 0 spiro atoms. The highest BCUT2D eigenvalue weighted by molar-refractivity contribution is 7.80. The Balaban J connectivity index is 0.00000256. The minimum atomic E-state index is 0. The first kappa shape index (κ1) is 16.6. The van der Waals surface area contributed by atoms with Gasteiger partial charge in [-0.05, 0) is 48.0 Å². The Morgan fingerprint density at radius 2 is 1.47 bits per heavy atom. The van der Waals surface area contributed by atoms with Gasteiger partial charge in [0.25, 0.3) is 0 Å². The van der Waals surface area contributed by atoms with Gasteiger partial charge in [-0.3, -0.25) is 0 Å². The molecule has 0 amide bonds. The molecular weight excluding hydrogens is 224 g/mol. The number of hydrogen-bond donors (Lipinski definition) is 1. The van der Waals surface area contributed by atoms with E-state index in [2.05, 4.69) is 57.7 Å². The van der Waals surface area contributed by atoms with Gasteiger partial charge < -0.3 is 0 Å². The maximum atomic E-state index is 4.23. The monoisotopic (exact) mass is 252 g/mol. The third-order valence-electron chi connectivity index (χ3n) is 2.63. The van der Waals surface area contributed by atoms with Crippen molar-refractivity contribution < 1.29 is 0 Å². The van der Waals surface area contributed by atoms with Crippen molar-refractivity contribution in [2.45, 2.75) is 53.9 Å². The lowest BCUT2D eigenvalue weighted by Crippen LogP contribution is -2.08. The lowest BCUT2D eigenvalue weighted by Gasteiger charge is -2.18. The fraction of sp³-hybridized carbons (Fsp3) is 0.625. The number of benzene rings is 1. The van der Waals surface area contributed by atoms with E-state index in [0.717, 1.165) is 12.2 Å². The number of thiol groups is 1. The van der Waals surface area contributed by atoms with E-state index < -0.39 is 0 Å². The van der Waals surface area contributed by atoms with Crippen molar-refractivity contribution in [3.63, 3.8) is 0 Å². The van der Waals surface area contributed by atoms with E-state index in [1.807, 2.05) is 0 Å². The lowest BCUT2D eigenvalue weighted by atomic mass is 9.88. The third kappa shape index (κ3) is 7.49. The van der Waals surface area contributed by atoms with Crippen LogP contribution in [0.25, 0.3) is 0 Å². The summed E-state index contributed by atoms with van der Waals surface area (Å²) in [5.41, 5.74) is 3.29. The van der Waals surface area contributed by atoms with Gasteiger partial charge in [0.2, 0.25) is 0 Å². The molecule has 0 bridgehead atoms. The van der Waals surface area contributed by atoms with Crippen molar-refractivity contribution in [3.05, 3.63) is 35.4 Å². The molecule has 0 fully saturated rings. The van der Waals surface area contributed by atoms with Crippen LogP contribution >= 0.6 is 12.6 Å². The van der Waals surface area contributed by atoms with Crippen LogP contribution in [0.1, 0.15) is 52.2 Å². The van der Waals surface area contributed by atoms with Crippen molar-refractivity contribution in [1.82, 2.24) is 0 Å². The van der Waals surface area contributed by atoms with Gasteiger partial charge in [0, 0.05) is 0 Å². The van der Waals surface area contributed by atoms with E-state index in [9.17, 15) is 0 Å². The highest BCUT2D eigenvalue weighted by atomic mass is 32.1. The van der Waals surface area contributed by atoms with Crippen LogP contribution in [0.5, 0.6) is 0 Å². The largest absolute Gasteiger partial charge is 0.179 e. The second kappa shape index (κ2) is 7.81. The minimum absolute atomic E-state index is 0. The minimum Gasteiger partial charge on any atom is -0.179 e. The highest BCUT2D eigenvalue weighted by Gasteiger charge is 2.10. The molecule has 0 aliphatic rings. The van der Waals surface area contributed by atoms with Gasteiger partial charge in [0.05, 0.1) is 0 Å². The quantitative estimate of drug-likeness (QED) is 0.543. The summed E-state index contributed by atoms with van der Waals surface area (Å²) < 4.78 is 0. The van der Waals surface area contributed by atoms with Crippen molar-refractivity contribution >= 4 is 12.6 Å². The van der Waals surface area contributed by atoms with E-state index in [1.54, 1.807) is 0 Å². The van der Waals surface area contributed by atoms with Crippen LogP contribution in [-0.2, 0) is 12.8 Å². The molecule has 1 aromatic rings. The topological polar surface area (TPSA) is 0 Å². The smallest absolute Gasteiger partial charge is 0.00978 e. The molecule has 1 aromatic carbocycles. The van der Waals surface area contributed by atoms with E-state index in [1.165, 1.54) is 30.4 Å². The molecular formula is C16H28S. The summed E-state index contributed by atoms with van der Waals surface area (Å²) in [6.45, 7) is 6.86. The van der Waals surface area contributed by atoms with Crippen molar-refractivity contribution in [3.8, 4) is 0 Å². The second-order valence-corrected chi connectivity index (χ2v) is 6.18. The van der Waals surface area contributed by atoms with Crippen LogP contribution in [-0.4, -0.2) is 5.75 Å². The molecule has 0 saturated heterocycles. The van der Waals surface area contributed by atoms with E-state index in [0.29, 0.717) is 5.41 Å². The fourth-order valence-corrected chi connectivity index (χ4v) is 2.10. The zero-order valence-electron chi connectivity index (χ0n) is 10.8. The number of hydrogen-bond acceptors (Lipinski definition) is 1. The maximum Gasteiger partial charge on any atom is -0.00978 e. The Kier molecular flexibility index (Phi) is 7.61. The summed E-state index contributed by atoms with van der Waals surface area (Å²) in [4.78, 5) is 0. The van der Waals surface area contributed by atoms with Crippen LogP contribution < -0.4 is 0 Å². The van der Waals surface area contributed by atoms with Crippen LogP contribution in [0.15, 0.2) is 24.3 Å². The van der Waals surface area contributed by atoms with Crippen molar-refractivity contribution in [1.29, 1.82) is 0 Å². The molecule has 0 heterocycles. The molecule has 17 heavy (non-hydrogen) atoms. The summed E-state index contributed by atoms with van der Waals surface area (Å²) in [6.07, 6.45) is 4.81. The zero-order chi connectivity index (χ0) is 12.0. The molecule has 0 aromatic heterocycles. The second-order valence-electron chi connectivity index (χ2n) is 5.73. The molecule has 1 rings (SSSR count). The molecule has 0 aliphatic carbocycles. The number of aryl methyl sites for hydroxylation is 1. The summed E-state index contributed by atoms with van der Waals surface area (Å²) in [7, 11) is 0. The van der Waals surface area contributed by atoms with Gasteiger partial charge in [-0.1, -0.05) is 52.5 Å². The van der Waals surface area contributed by atoms with Crippen LogP contribution in [0, 0.1) is 5.41 Å². The van der Waals surface area contributed by atoms with Crippen molar-refractivity contribution in [2.24, 2.45) is 5.41 Å². The first-order chi connectivity index (χ1) is 7.51. The van der Waals surface area contributed by atoms with Crippen LogP contribution in [0.2, 0.25) is 0 Å². The van der Waals surface area contributed by atoms with Gasteiger partial charge in [-0.2, -0.15) is 12.6 Å². The van der Waals surface area contributed by atoms with Gasteiger partial charge >= 0.3 is 0 Å². The Labute approximate surface area is 113 Å². The van der Waals surface area contributed by atoms with Crippen molar-refractivity contribution in [2.75, 3.05) is 5.75 Å². The molecule has 0 nitrogen and oxygen atoms in total. The normalized spacial score (nSPS) is 11.1. The molecule has 1 heteroatoms. The third-order valence-corrected chi connectivity index (χ3v) is 2.95. The Morgan fingerprint density at radius 3 is 1.94 bits per heavy atom. The van der Waals surface area contributed by atoms with E-state index in [-0.39, 0.29) is 7.43 Å². The average Bonchev–Trinajstić information content (AvgIpc) is 2.19. The number of unbranched alkanes of at least 4 members (excludes halogenated alkanes) is 1. The summed E-state index contributed by atoms with van der Waals surface area (Å²) in [5.74, 6) is 1.00. The molecule has 0 N–H and O–H groups in total. The average molecular weight is 252 g/mol. The first-order valence-corrected chi connectivity index (χ1v) is 6.83. The zero-order valence-corrected chi connectivity index (χ0v) is 11.7.